The Kier molecular flexibility index (Phi) is 7.41. The molecule has 1 heterocycles. The topological polar surface area (TPSA) is 67.9 Å². The van der Waals surface area contributed by atoms with Crippen LogP contribution in [-0.2, 0) is 16.2 Å². The Labute approximate surface area is 234 Å². The van der Waals surface area contributed by atoms with Crippen molar-refractivity contribution in [1.82, 2.24) is 0 Å². The van der Waals surface area contributed by atoms with Crippen LogP contribution in [0.15, 0.2) is 78.0 Å². The first-order valence-corrected chi connectivity index (χ1v) is 13.6. The summed E-state index contributed by atoms with van der Waals surface area (Å²) in [5.41, 5.74) is 4.59. The van der Waals surface area contributed by atoms with Crippen molar-refractivity contribution in [3.05, 3.63) is 94.1 Å². The number of nitrogens with zero attached hydrogens (tertiary/aromatic N) is 1. The number of nitrogens with one attached hydrogen (secondary N) is 1. The molecule has 0 saturated heterocycles. The van der Waals surface area contributed by atoms with Gasteiger partial charge in [-0.1, -0.05) is 55.8 Å². The molecule has 0 fully saturated rings. The third-order valence-corrected chi connectivity index (χ3v) is 7.38. The van der Waals surface area contributed by atoms with Gasteiger partial charge in [-0.25, -0.2) is 0 Å². The minimum atomic E-state index is -0.609. The third kappa shape index (κ3) is 5.52. The lowest BCUT2D eigenvalue weighted by atomic mass is 9.73. The van der Waals surface area contributed by atoms with Crippen LogP contribution in [0.25, 0.3) is 0 Å². The molecule has 3 aromatic carbocycles. The van der Waals surface area contributed by atoms with Crippen molar-refractivity contribution in [2.24, 2.45) is 5.41 Å². The number of para-hydroxylation sites is 2. The summed E-state index contributed by atoms with van der Waals surface area (Å²) in [7, 11) is 0. The normalized spacial score (nSPS) is 18.0. The maximum atomic E-state index is 13.8. The van der Waals surface area contributed by atoms with Crippen molar-refractivity contribution in [1.29, 1.82) is 0 Å². The van der Waals surface area contributed by atoms with Crippen LogP contribution in [0.3, 0.4) is 0 Å². The Morgan fingerprint density at radius 2 is 1.77 bits per heavy atom. The fraction of sp³-hybridized carbons (Fsp3) is 0.312. The van der Waals surface area contributed by atoms with Gasteiger partial charge in [-0.15, -0.1) is 0 Å². The second-order valence-electron chi connectivity index (χ2n) is 10.8. The number of halogens is 1. The number of anilines is 2. The third-order valence-electron chi connectivity index (χ3n) is 7.13. The van der Waals surface area contributed by atoms with Gasteiger partial charge in [0.15, 0.2) is 17.3 Å². The highest BCUT2D eigenvalue weighted by atomic mass is 35.5. The van der Waals surface area contributed by atoms with Crippen LogP contribution in [-0.4, -0.2) is 18.3 Å². The van der Waals surface area contributed by atoms with Gasteiger partial charge >= 0.3 is 0 Å². The molecule has 0 bridgehead atoms. The van der Waals surface area contributed by atoms with E-state index in [9.17, 15) is 9.59 Å². The van der Waals surface area contributed by atoms with E-state index in [1.807, 2.05) is 73.7 Å². The number of amides is 1. The number of ether oxygens (including phenoxy) is 2. The smallest absolute Gasteiger partial charge is 0.224 e. The molecular formula is C32H33ClN2O4. The molecule has 202 valence electrons. The highest BCUT2D eigenvalue weighted by Crippen LogP contribution is 2.49. The molecule has 6 nitrogen and oxygen atoms in total. The lowest BCUT2D eigenvalue weighted by Gasteiger charge is -2.37. The van der Waals surface area contributed by atoms with E-state index in [2.05, 4.69) is 19.2 Å². The molecule has 7 heteroatoms. The molecule has 1 N–H and O–H groups in total. The molecule has 1 atom stereocenters. The number of benzene rings is 3. The minimum Gasteiger partial charge on any atom is -0.490 e. The molecule has 0 radical (unpaired) electrons. The lowest BCUT2D eigenvalue weighted by Crippen LogP contribution is -2.38. The second kappa shape index (κ2) is 10.8. The summed E-state index contributed by atoms with van der Waals surface area (Å²) >= 11 is 6.02. The van der Waals surface area contributed by atoms with Crippen LogP contribution >= 0.6 is 11.6 Å². The monoisotopic (exact) mass is 544 g/mol. The van der Waals surface area contributed by atoms with Gasteiger partial charge in [0.1, 0.15) is 6.61 Å². The number of hydrogen-bond acceptors (Lipinski definition) is 5. The number of ketones is 1. The van der Waals surface area contributed by atoms with Crippen LogP contribution in [0.4, 0.5) is 11.4 Å². The number of carbonyl (C=O) groups excluding carboxylic acids is 2. The van der Waals surface area contributed by atoms with Crippen molar-refractivity contribution in [3.8, 4) is 11.5 Å². The summed E-state index contributed by atoms with van der Waals surface area (Å²) in [6.45, 7) is 8.44. The molecule has 3 aromatic rings. The van der Waals surface area contributed by atoms with Crippen molar-refractivity contribution in [2.75, 3.05) is 16.8 Å². The Morgan fingerprint density at radius 1 is 1.03 bits per heavy atom. The van der Waals surface area contributed by atoms with E-state index < -0.39 is 6.04 Å². The predicted molar refractivity (Wildman–Crippen MR) is 154 cm³/mol. The summed E-state index contributed by atoms with van der Waals surface area (Å²) in [5, 5.41) is 4.19. The molecule has 39 heavy (non-hydrogen) atoms. The molecule has 0 saturated carbocycles. The van der Waals surface area contributed by atoms with E-state index in [4.69, 9.17) is 21.1 Å². The van der Waals surface area contributed by atoms with Crippen LogP contribution < -0.4 is 19.7 Å². The fourth-order valence-corrected chi connectivity index (χ4v) is 5.60. The standard InChI is InChI=1S/C32H33ClN2O4/c1-5-38-29-16-22(12-15-28(29)39-19-21-10-13-23(33)14-11-21)31-30-25(17-32(3,4)18-27(30)37)34-24-8-6-7-9-26(24)35(31)20(2)36/h6-16,31,34H,5,17-19H2,1-4H3. The van der Waals surface area contributed by atoms with Crippen molar-refractivity contribution in [2.45, 2.75) is 53.2 Å². The van der Waals surface area contributed by atoms with E-state index in [0.29, 0.717) is 48.2 Å². The number of rotatable bonds is 6. The quantitative estimate of drug-likeness (QED) is 0.348. The maximum Gasteiger partial charge on any atom is 0.224 e. The van der Waals surface area contributed by atoms with Crippen LogP contribution in [0.1, 0.15) is 57.7 Å². The number of allylic oxidation sites excluding steroid dienone is 1. The van der Waals surface area contributed by atoms with Gasteiger partial charge in [0, 0.05) is 29.6 Å². The molecule has 1 aliphatic heterocycles. The van der Waals surface area contributed by atoms with Gasteiger partial charge in [0.05, 0.1) is 24.0 Å². The fourth-order valence-electron chi connectivity index (χ4n) is 5.47. The summed E-state index contributed by atoms with van der Waals surface area (Å²) in [5.74, 6) is 1.03. The average Bonchev–Trinajstić information content (AvgIpc) is 3.02. The van der Waals surface area contributed by atoms with Crippen molar-refractivity contribution >= 4 is 34.7 Å². The number of fused-ring (bicyclic) bond motifs is 1. The SMILES string of the molecule is CCOc1cc(C2C3=C(CC(C)(C)CC3=O)Nc3ccccc3N2C(C)=O)ccc1OCc1ccc(Cl)cc1. The second-order valence-corrected chi connectivity index (χ2v) is 11.3. The molecule has 0 spiro atoms. The summed E-state index contributed by atoms with van der Waals surface area (Å²) in [6, 6.07) is 20.3. The lowest BCUT2D eigenvalue weighted by molar-refractivity contribution is -0.118. The summed E-state index contributed by atoms with van der Waals surface area (Å²) in [6.07, 6.45) is 1.11. The first kappa shape index (κ1) is 26.8. The van der Waals surface area contributed by atoms with Gasteiger partial charge in [-0.05, 0) is 66.3 Å². The average molecular weight is 545 g/mol. The molecule has 5 rings (SSSR count). The Hall–Kier alpha value is -3.77. The maximum absolute atomic E-state index is 13.8. The van der Waals surface area contributed by atoms with E-state index in [0.717, 1.165) is 28.2 Å². The van der Waals surface area contributed by atoms with Crippen LogP contribution in [0.5, 0.6) is 11.5 Å². The summed E-state index contributed by atoms with van der Waals surface area (Å²) in [4.78, 5) is 28.7. The zero-order valence-electron chi connectivity index (χ0n) is 22.7. The van der Waals surface area contributed by atoms with Gasteiger partial charge in [-0.2, -0.15) is 0 Å². The van der Waals surface area contributed by atoms with E-state index in [-0.39, 0.29) is 17.1 Å². The van der Waals surface area contributed by atoms with Gasteiger partial charge in [-0.3, -0.25) is 14.5 Å². The Morgan fingerprint density at radius 3 is 2.49 bits per heavy atom. The minimum absolute atomic E-state index is 0.0406. The van der Waals surface area contributed by atoms with Crippen molar-refractivity contribution < 1.29 is 19.1 Å². The predicted octanol–water partition coefficient (Wildman–Crippen LogP) is 7.48. The van der Waals surface area contributed by atoms with Crippen LogP contribution in [0, 0.1) is 5.41 Å². The van der Waals surface area contributed by atoms with Gasteiger partial charge < -0.3 is 14.8 Å². The van der Waals surface area contributed by atoms with Crippen molar-refractivity contribution in [3.63, 3.8) is 0 Å². The zero-order chi connectivity index (χ0) is 27.7. The largest absolute Gasteiger partial charge is 0.490 e. The highest BCUT2D eigenvalue weighted by molar-refractivity contribution is 6.30. The molecule has 1 amide bonds. The van der Waals surface area contributed by atoms with E-state index >= 15 is 0 Å². The number of hydrogen-bond donors (Lipinski definition) is 1. The molecule has 1 aliphatic carbocycles. The first-order valence-electron chi connectivity index (χ1n) is 13.2. The highest BCUT2D eigenvalue weighted by Gasteiger charge is 2.42. The van der Waals surface area contributed by atoms with Gasteiger partial charge in [0.2, 0.25) is 5.91 Å². The summed E-state index contributed by atoms with van der Waals surface area (Å²) < 4.78 is 12.1. The van der Waals surface area contributed by atoms with E-state index in [1.165, 1.54) is 0 Å². The van der Waals surface area contributed by atoms with E-state index in [1.54, 1.807) is 11.8 Å². The zero-order valence-corrected chi connectivity index (χ0v) is 23.5. The first-order chi connectivity index (χ1) is 18.7. The number of Topliss-reactive ketones (excluding diaryl/α,β-unsaturated/α-hetero) is 1. The molecule has 2 aliphatic rings. The van der Waals surface area contributed by atoms with Gasteiger partial charge in [0.25, 0.3) is 0 Å². The van der Waals surface area contributed by atoms with Crippen LogP contribution in [0.2, 0.25) is 5.02 Å². The Bertz CT molecular complexity index is 1440. The molecule has 1 unspecified atom stereocenters. The molecule has 0 aromatic heterocycles. The Balaban J connectivity index is 1.61. The number of carbonyl (C=O) groups is 2. The molecular weight excluding hydrogens is 512 g/mol.